The zero-order valence-electron chi connectivity index (χ0n) is 16.6. The van der Waals surface area contributed by atoms with Gasteiger partial charge in [-0.3, -0.25) is 4.99 Å². The zero-order chi connectivity index (χ0) is 18.1. The fourth-order valence-electron chi connectivity index (χ4n) is 3.18. The standard InChI is InChI=1S/C19H34N4OS.HI/c1-5-20-18(21-14-16(2)13-17-7-6-12-25-17)22-15-19(23(3)4)8-10-24-11-9-19;/h6-7,12,16H,5,8-11,13-15H2,1-4H3,(H2,20,21,22);1H. The molecule has 0 aliphatic carbocycles. The van der Waals surface area contributed by atoms with Gasteiger partial charge in [0.1, 0.15) is 0 Å². The molecule has 7 heteroatoms. The molecule has 2 heterocycles. The topological polar surface area (TPSA) is 48.9 Å². The second kappa shape index (κ2) is 12.2. The number of likely N-dealkylation sites (N-methyl/N-ethyl adjacent to an activating group) is 1. The normalized spacial score (nSPS) is 18.3. The lowest BCUT2D eigenvalue weighted by molar-refractivity contribution is -0.00254. The molecule has 26 heavy (non-hydrogen) atoms. The van der Waals surface area contributed by atoms with Crippen LogP contribution in [0.5, 0.6) is 0 Å². The molecule has 1 aliphatic heterocycles. The Morgan fingerprint density at radius 2 is 2.08 bits per heavy atom. The van der Waals surface area contributed by atoms with Crippen LogP contribution in [0.3, 0.4) is 0 Å². The molecular formula is C19H35IN4OS. The summed E-state index contributed by atoms with van der Waals surface area (Å²) in [5, 5.41) is 9.06. The molecule has 0 spiro atoms. The molecule has 0 radical (unpaired) electrons. The first-order chi connectivity index (χ1) is 12.1. The van der Waals surface area contributed by atoms with E-state index < -0.39 is 0 Å². The van der Waals surface area contributed by atoms with Crippen LogP contribution in [0, 0.1) is 5.92 Å². The quantitative estimate of drug-likeness (QED) is 0.331. The minimum atomic E-state index is 0. The van der Waals surface area contributed by atoms with E-state index in [-0.39, 0.29) is 29.5 Å². The molecule has 150 valence electrons. The number of hydrogen-bond donors (Lipinski definition) is 2. The minimum Gasteiger partial charge on any atom is -0.381 e. The van der Waals surface area contributed by atoms with Crippen molar-refractivity contribution >= 4 is 41.3 Å². The van der Waals surface area contributed by atoms with Crippen LogP contribution in [0.15, 0.2) is 22.5 Å². The van der Waals surface area contributed by atoms with Crippen LogP contribution < -0.4 is 10.6 Å². The Hall–Kier alpha value is -0.380. The van der Waals surface area contributed by atoms with Crippen LogP contribution >= 0.6 is 35.3 Å². The summed E-state index contributed by atoms with van der Waals surface area (Å²) in [6.07, 6.45) is 3.19. The first-order valence-corrected chi connectivity index (χ1v) is 10.2. The van der Waals surface area contributed by atoms with Gasteiger partial charge in [-0.1, -0.05) is 13.0 Å². The van der Waals surface area contributed by atoms with Crippen molar-refractivity contribution in [3.8, 4) is 0 Å². The predicted molar refractivity (Wildman–Crippen MR) is 123 cm³/mol. The van der Waals surface area contributed by atoms with Gasteiger partial charge in [-0.05, 0) is 57.6 Å². The average Bonchev–Trinajstić information content (AvgIpc) is 3.11. The number of nitrogens with zero attached hydrogens (tertiary/aromatic N) is 2. The number of thiophene rings is 1. The van der Waals surface area contributed by atoms with Crippen molar-refractivity contribution < 1.29 is 4.74 Å². The average molecular weight is 494 g/mol. The van der Waals surface area contributed by atoms with Crippen molar-refractivity contribution in [2.45, 2.75) is 38.6 Å². The summed E-state index contributed by atoms with van der Waals surface area (Å²) in [5.74, 6) is 1.50. The highest BCUT2D eigenvalue weighted by Gasteiger charge is 2.34. The molecule has 1 saturated heterocycles. The summed E-state index contributed by atoms with van der Waals surface area (Å²) in [5.41, 5.74) is 0.114. The third-order valence-electron chi connectivity index (χ3n) is 5.00. The molecule has 1 aromatic heterocycles. The second-order valence-corrected chi connectivity index (χ2v) is 8.23. The third kappa shape index (κ3) is 7.32. The van der Waals surface area contributed by atoms with E-state index in [1.54, 1.807) is 0 Å². The van der Waals surface area contributed by atoms with Gasteiger partial charge in [-0.15, -0.1) is 35.3 Å². The largest absolute Gasteiger partial charge is 0.381 e. The number of ether oxygens (including phenoxy) is 1. The lowest BCUT2D eigenvalue weighted by Gasteiger charge is -2.41. The summed E-state index contributed by atoms with van der Waals surface area (Å²) in [7, 11) is 4.31. The van der Waals surface area contributed by atoms with Crippen LogP contribution in [0.2, 0.25) is 0 Å². The summed E-state index contributed by atoms with van der Waals surface area (Å²) in [6.45, 7) is 8.67. The van der Waals surface area contributed by atoms with E-state index in [0.29, 0.717) is 5.92 Å². The van der Waals surface area contributed by atoms with Gasteiger partial charge in [0.2, 0.25) is 0 Å². The van der Waals surface area contributed by atoms with Gasteiger partial charge in [0.05, 0.1) is 6.54 Å². The molecule has 2 N–H and O–H groups in total. The van der Waals surface area contributed by atoms with E-state index in [0.717, 1.165) is 58.1 Å². The molecule has 0 amide bonds. The van der Waals surface area contributed by atoms with Crippen LogP contribution in [-0.4, -0.2) is 63.3 Å². The summed E-state index contributed by atoms with van der Waals surface area (Å²) in [6, 6.07) is 4.34. The predicted octanol–water partition coefficient (Wildman–Crippen LogP) is 3.21. The Kier molecular flexibility index (Phi) is 11.1. The van der Waals surface area contributed by atoms with Crippen molar-refractivity contribution in [2.24, 2.45) is 10.9 Å². The summed E-state index contributed by atoms with van der Waals surface area (Å²) < 4.78 is 5.55. The Balaban J connectivity index is 0.00000338. The highest BCUT2D eigenvalue weighted by molar-refractivity contribution is 14.0. The van der Waals surface area contributed by atoms with E-state index in [4.69, 9.17) is 9.73 Å². The van der Waals surface area contributed by atoms with Crippen LogP contribution in [0.4, 0.5) is 0 Å². The number of aliphatic imine (C=N–C) groups is 1. The molecule has 1 atom stereocenters. The molecule has 0 aromatic carbocycles. The smallest absolute Gasteiger partial charge is 0.191 e. The van der Waals surface area contributed by atoms with E-state index >= 15 is 0 Å². The Morgan fingerprint density at radius 3 is 2.65 bits per heavy atom. The number of nitrogens with one attached hydrogen (secondary N) is 2. The van der Waals surface area contributed by atoms with Gasteiger partial charge in [0.15, 0.2) is 5.96 Å². The van der Waals surface area contributed by atoms with Crippen LogP contribution in [0.1, 0.15) is 31.6 Å². The fraction of sp³-hybridized carbons (Fsp3) is 0.737. The highest BCUT2D eigenvalue weighted by Crippen LogP contribution is 2.26. The highest BCUT2D eigenvalue weighted by atomic mass is 127. The number of hydrogen-bond acceptors (Lipinski definition) is 4. The Labute approximate surface area is 180 Å². The lowest BCUT2D eigenvalue weighted by Crippen LogP contribution is -2.52. The van der Waals surface area contributed by atoms with Crippen molar-refractivity contribution in [1.82, 2.24) is 15.5 Å². The zero-order valence-corrected chi connectivity index (χ0v) is 19.7. The van der Waals surface area contributed by atoms with E-state index in [1.165, 1.54) is 4.88 Å². The number of halogens is 1. The van der Waals surface area contributed by atoms with Crippen molar-refractivity contribution in [1.29, 1.82) is 0 Å². The second-order valence-electron chi connectivity index (χ2n) is 7.20. The van der Waals surface area contributed by atoms with Gasteiger partial charge in [-0.2, -0.15) is 0 Å². The molecule has 5 nitrogen and oxygen atoms in total. The molecule has 0 saturated carbocycles. The molecule has 0 bridgehead atoms. The lowest BCUT2D eigenvalue weighted by atomic mass is 9.89. The molecule has 1 aliphatic rings. The summed E-state index contributed by atoms with van der Waals surface area (Å²) >= 11 is 1.84. The van der Waals surface area contributed by atoms with Crippen molar-refractivity contribution in [2.75, 3.05) is 46.9 Å². The van der Waals surface area contributed by atoms with Crippen molar-refractivity contribution in [3.63, 3.8) is 0 Å². The van der Waals surface area contributed by atoms with Gasteiger partial charge >= 0.3 is 0 Å². The van der Waals surface area contributed by atoms with Gasteiger partial charge in [0, 0.05) is 36.7 Å². The fourth-order valence-corrected chi connectivity index (χ4v) is 4.05. The van der Waals surface area contributed by atoms with E-state index in [2.05, 4.69) is 61.0 Å². The first-order valence-electron chi connectivity index (χ1n) is 9.35. The minimum absolute atomic E-state index is 0. The van der Waals surface area contributed by atoms with Crippen LogP contribution in [0.25, 0.3) is 0 Å². The maximum atomic E-state index is 5.55. The van der Waals surface area contributed by atoms with Gasteiger partial charge in [0.25, 0.3) is 0 Å². The number of guanidine groups is 1. The number of rotatable bonds is 8. The van der Waals surface area contributed by atoms with E-state index in [9.17, 15) is 0 Å². The third-order valence-corrected chi connectivity index (χ3v) is 5.89. The Bertz CT molecular complexity index is 516. The molecule has 1 unspecified atom stereocenters. The van der Waals surface area contributed by atoms with Crippen molar-refractivity contribution in [3.05, 3.63) is 22.4 Å². The molecule has 2 rings (SSSR count). The van der Waals surface area contributed by atoms with Gasteiger partial charge < -0.3 is 20.3 Å². The molecule has 1 aromatic rings. The molecule has 1 fully saturated rings. The van der Waals surface area contributed by atoms with E-state index in [1.807, 2.05) is 11.3 Å². The SMILES string of the molecule is CCNC(=NCC1(N(C)C)CCOCC1)NCC(C)Cc1cccs1.I. The molecular weight excluding hydrogens is 459 g/mol. The van der Waals surface area contributed by atoms with Crippen LogP contribution in [-0.2, 0) is 11.2 Å². The Morgan fingerprint density at radius 1 is 1.35 bits per heavy atom. The van der Waals surface area contributed by atoms with Gasteiger partial charge in [-0.25, -0.2) is 0 Å². The maximum Gasteiger partial charge on any atom is 0.191 e. The first kappa shape index (κ1) is 23.7. The maximum absolute atomic E-state index is 5.55. The summed E-state index contributed by atoms with van der Waals surface area (Å²) in [4.78, 5) is 8.67. The monoisotopic (exact) mass is 494 g/mol.